The predicted octanol–water partition coefficient (Wildman–Crippen LogP) is 12.5. The summed E-state index contributed by atoms with van der Waals surface area (Å²) >= 11 is 0. The Balaban J connectivity index is 3.92. The van der Waals surface area contributed by atoms with E-state index in [9.17, 15) is 4.79 Å². The average Bonchev–Trinajstić information content (AvgIpc) is 3.10. The molecule has 0 bridgehead atoms. The number of nitrogens with one attached hydrogen (secondary N) is 1. The fraction of sp³-hybridized carbons (Fsp3) is 0.841. The van der Waals surface area contributed by atoms with E-state index in [0.29, 0.717) is 33.0 Å². The minimum Gasteiger partial charge on any atom is -0.441 e. The minimum atomic E-state index is -0.393. The molecular formula is C44H84N2O4. The van der Waals surface area contributed by atoms with Crippen molar-refractivity contribution in [2.24, 2.45) is 0 Å². The molecule has 0 aliphatic rings. The van der Waals surface area contributed by atoms with E-state index in [4.69, 9.17) is 14.2 Å². The van der Waals surface area contributed by atoms with Crippen molar-refractivity contribution in [2.45, 2.75) is 187 Å². The summed E-state index contributed by atoms with van der Waals surface area (Å²) in [5.41, 5.74) is 0. The summed E-state index contributed by atoms with van der Waals surface area (Å²) in [6.07, 6.45) is 46.2. The number of allylic oxidation sites excluding steroid dienone is 6. The maximum atomic E-state index is 12.3. The lowest BCUT2D eigenvalue weighted by molar-refractivity contribution is -0.0292. The van der Waals surface area contributed by atoms with Crippen LogP contribution in [0.2, 0.25) is 0 Å². The Morgan fingerprint density at radius 3 is 1.38 bits per heavy atom. The van der Waals surface area contributed by atoms with Crippen molar-refractivity contribution in [2.75, 3.05) is 53.6 Å². The molecule has 6 heteroatoms. The maximum absolute atomic E-state index is 12.3. The summed E-state index contributed by atoms with van der Waals surface area (Å²) in [6, 6.07) is 0. The zero-order valence-corrected chi connectivity index (χ0v) is 33.7. The summed E-state index contributed by atoms with van der Waals surface area (Å²) in [5.74, 6) is 0. The highest BCUT2D eigenvalue weighted by Gasteiger charge is 2.15. The van der Waals surface area contributed by atoms with Gasteiger partial charge in [0, 0.05) is 26.3 Å². The zero-order chi connectivity index (χ0) is 36.4. The number of hydrogen-bond donors (Lipinski definition) is 1. The third-order valence-corrected chi connectivity index (χ3v) is 9.00. The molecular weight excluding hydrogens is 620 g/mol. The maximum Gasteiger partial charge on any atom is 0.407 e. The first kappa shape index (κ1) is 48.4. The van der Waals surface area contributed by atoms with Crippen molar-refractivity contribution in [3.63, 3.8) is 0 Å². The van der Waals surface area contributed by atoms with Gasteiger partial charge in [0.1, 0.15) is 0 Å². The van der Waals surface area contributed by atoms with Gasteiger partial charge in [-0.25, -0.2) is 4.79 Å². The van der Waals surface area contributed by atoms with Crippen molar-refractivity contribution in [3.8, 4) is 0 Å². The van der Waals surface area contributed by atoms with Crippen LogP contribution >= 0.6 is 0 Å². The number of ether oxygens (including phenoxy) is 3. The van der Waals surface area contributed by atoms with Crippen LogP contribution in [-0.4, -0.2) is 70.7 Å². The zero-order valence-electron chi connectivity index (χ0n) is 33.7. The van der Waals surface area contributed by atoms with E-state index < -0.39 is 6.09 Å². The third kappa shape index (κ3) is 40.8. The molecule has 0 rings (SSSR count). The van der Waals surface area contributed by atoms with Gasteiger partial charge in [0.2, 0.25) is 0 Å². The third-order valence-electron chi connectivity index (χ3n) is 9.00. The van der Waals surface area contributed by atoms with Crippen LogP contribution in [0.4, 0.5) is 4.79 Å². The van der Waals surface area contributed by atoms with Crippen LogP contribution in [0.15, 0.2) is 36.5 Å². The second-order valence-corrected chi connectivity index (χ2v) is 14.4. The van der Waals surface area contributed by atoms with E-state index in [1.807, 2.05) is 19.0 Å². The van der Waals surface area contributed by atoms with Gasteiger partial charge >= 0.3 is 6.09 Å². The molecule has 0 aromatic carbocycles. The lowest BCUT2D eigenvalue weighted by Crippen LogP contribution is -2.37. The molecule has 0 fully saturated rings. The molecule has 1 N–H and O–H groups in total. The minimum absolute atomic E-state index is 0.381. The van der Waals surface area contributed by atoms with E-state index in [0.717, 1.165) is 25.8 Å². The number of rotatable bonds is 39. The van der Waals surface area contributed by atoms with Gasteiger partial charge in [-0.2, -0.15) is 0 Å². The Morgan fingerprint density at radius 1 is 0.540 bits per heavy atom. The van der Waals surface area contributed by atoms with E-state index in [-0.39, 0.29) is 6.10 Å². The largest absolute Gasteiger partial charge is 0.441 e. The normalized spacial score (nSPS) is 12.7. The molecule has 0 aliphatic carbocycles. The molecule has 0 radical (unpaired) electrons. The van der Waals surface area contributed by atoms with Crippen molar-refractivity contribution in [1.82, 2.24) is 10.2 Å². The molecule has 1 amide bonds. The van der Waals surface area contributed by atoms with Crippen LogP contribution in [0.25, 0.3) is 0 Å². The molecule has 0 spiro atoms. The lowest BCUT2D eigenvalue weighted by Gasteiger charge is -2.19. The average molecular weight is 705 g/mol. The summed E-state index contributed by atoms with van der Waals surface area (Å²) in [7, 11) is 3.98. The smallest absolute Gasteiger partial charge is 0.407 e. The number of amides is 1. The van der Waals surface area contributed by atoms with Gasteiger partial charge in [0.05, 0.1) is 13.2 Å². The Bertz CT molecular complexity index is 767. The standard InChI is InChI=1S/C44H84N2O4/c1-5-7-9-11-13-15-17-19-21-23-25-27-29-31-33-35-39-48-41-43(50-44(47)45-37-38-46(3)4)42-49-40-36-34-32-30-28-26-24-22-20-18-16-14-12-10-8-6-2/h13,15,19-22,43H,5-12,14,16-18,23-42H2,1-4H3,(H,45,47). The molecule has 1 unspecified atom stereocenters. The molecule has 0 saturated carbocycles. The highest BCUT2D eigenvalue weighted by atomic mass is 16.6. The number of carbonyl (C=O) groups is 1. The number of nitrogens with zero attached hydrogens (tertiary/aromatic N) is 1. The quantitative estimate of drug-likeness (QED) is 0.0510. The summed E-state index contributed by atoms with van der Waals surface area (Å²) in [6.45, 7) is 8.04. The molecule has 0 aliphatic heterocycles. The van der Waals surface area contributed by atoms with Gasteiger partial charge in [-0.15, -0.1) is 0 Å². The number of unbranched alkanes of at least 4 members (excludes halogenated alkanes) is 21. The van der Waals surface area contributed by atoms with E-state index >= 15 is 0 Å². The molecule has 0 heterocycles. The number of alkyl carbamates (subject to hydrolysis) is 1. The molecule has 0 aromatic rings. The number of carbonyl (C=O) groups excluding carboxylic acids is 1. The van der Waals surface area contributed by atoms with Crippen molar-refractivity contribution in [3.05, 3.63) is 36.5 Å². The Hall–Kier alpha value is -1.63. The van der Waals surface area contributed by atoms with E-state index in [2.05, 4.69) is 55.6 Å². The Labute approximate surface area is 311 Å². The van der Waals surface area contributed by atoms with Crippen LogP contribution in [0.3, 0.4) is 0 Å². The summed E-state index contributed by atoms with van der Waals surface area (Å²) < 4.78 is 17.5. The van der Waals surface area contributed by atoms with Crippen LogP contribution in [0.5, 0.6) is 0 Å². The van der Waals surface area contributed by atoms with Crippen LogP contribution in [0, 0.1) is 0 Å². The van der Waals surface area contributed by atoms with Gasteiger partial charge in [-0.05, 0) is 84.7 Å². The highest BCUT2D eigenvalue weighted by Crippen LogP contribution is 2.11. The summed E-state index contributed by atoms with van der Waals surface area (Å²) in [5, 5.41) is 2.84. The van der Waals surface area contributed by atoms with Gasteiger partial charge < -0.3 is 24.4 Å². The molecule has 294 valence electrons. The topological polar surface area (TPSA) is 60.0 Å². The number of likely N-dealkylation sites (N-methyl/N-ethyl adjacent to an activating group) is 1. The molecule has 0 aromatic heterocycles. The Kier molecular flexibility index (Phi) is 40.4. The molecule has 1 atom stereocenters. The lowest BCUT2D eigenvalue weighted by atomic mass is 10.1. The first-order chi connectivity index (χ1) is 24.6. The fourth-order valence-corrected chi connectivity index (χ4v) is 5.76. The number of hydrogen-bond acceptors (Lipinski definition) is 5. The van der Waals surface area contributed by atoms with Crippen molar-refractivity contribution >= 4 is 6.09 Å². The van der Waals surface area contributed by atoms with Gasteiger partial charge in [-0.1, -0.05) is 147 Å². The van der Waals surface area contributed by atoms with Crippen LogP contribution < -0.4 is 5.32 Å². The van der Waals surface area contributed by atoms with Crippen molar-refractivity contribution < 1.29 is 19.0 Å². The summed E-state index contributed by atoms with van der Waals surface area (Å²) in [4.78, 5) is 14.4. The molecule has 50 heavy (non-hydrogen) atoms. The highest BCUT2D eigenvalue weighted by molar-refractivity contribution is 5.67. The fourth-order valence-electron chi connectivity index (χ4n) is 5.76. The van der Waals surface area contributed by atoms with Gasteiger partial charge in [-0.3, -0.25) is 0 Å². The monoisotopic (exact) mass is 705 g/mol. The second-order valence-electron chi connectivity index (χ2n) is 14.4. The second kappa shape index (κ2) is 41.8. The van der Waals surface area contributed by atoms with E-state index in [1.54, 1.807) is 0 Å². The molecule has 0 saturated heterocycles. The molecule has 6 nitrogen and oxygen atoms in total. The van der Waals surface area contributed by atoms with Crippen molar-refractivity contribution in [1.29, 1.82) is 0 Å². The first-order valence-corrected chi connectivity index (χ1v) is 21.3. The predicted molar refractivity (Wildman–Crippen MR) is 217 cm³/mol. The van der Waals surface area contributed by atoms with Gasteiger partial charge in [0.25, 0.3) is 0 Å². The van der Waals surface area contributed by atoms with E-state index in [1.165, 1.54) is 148 Å². The van der Waals surface area contributed by atoms with Gasteiger partial charge in [0.15, 0.2) is 6.10 Å². The van der Waals surface area contributed by atoms with Crippen LogP contribution in [-0.2, 0) is 14.2 Å². The van der Waals surface area contributed by atoms with Crippen LogP contribution in [0.1, 0.15) is 181 Å². The Morgan fingerprint density at radius 2 is 0.920 bits per heavy atom. The first-order valence-electron chi connectivity index (χ1n) is 21.3. The SMILES string of the molecule is CCCCCC=CCC=CCCCCCCCCOCC(COCCCCCCCCC=CCCCCCCCC)OC(=O)NCCN(C)C.